The number of allylic oxidation sites excluding steroid dienone is 1. The Morgan fingerprint density at radius 2 is 1.15 bits per heavy atom. The minimum absolute atomic E-state index is 0.109. The van der Waals surface area contributed by atoms with Gasteiger partial charge in [-0.3, -0.25) is 4.99 Å². The van der Waals surface area contributed by atoms with Crippen LogP contribution < -0.4 is 0 Å². The Labute approximate surface area is 368 Å². The van der Waals surface area contributed by atoms with E-state index in [-0.39, 0.29) is 16.2 Å². The SMILES string of the molecule is CC(C)(C)C1=CC=NC1.Cc1cc(C(C)(C)C)no1.Cc1ccc(C(C)(C)C)o1.Cc1ccc(C(C)(C)C)s1.Cc1csc(C(C)(C)C)c1.Cc1nc(C(C)(C)C)co1. The molecule has 0 N–H and O–H groups in total. The summed E-state index contributed by atoms with van der Waals surface area (Å²) in [5.41, 5.74) is 6.20. The van der Waals surface area contributed by atoms with Crippen molar-refractivity contribution in [2.75, 3.05) is 6.54 Å². The van der Waals surface area contributed by atoms with Crippen LogP contribution >= 0.6 is 22.7 Å². The Hall–Kier alpha value is -3.49. The van der Waals surface area contributed by atoms with Crippen LogP contribution in [0.5, 0.6) is 0 Å². The van der Waals surface area contributed by atoms with Crippen molar-refractivity contribution < 1.29 is 13.4 Å². The van der Waals surface area contributed by atoms with E-state index < -0.39 is 0 Å². The molecule has 0 aromatic carbocycles. The van der Waals surface area contributed by atoms with Crippen LogP contribution in [0.2, 0.25) is 0 Å². The highest BCUT2D eigenvalue weighted by Gasteiger charge is 2.20. The Balaban J connectivity index is 0.000000354. The highest BCUT2D eigenvalue weighted by molar-refractivity contribution is 7.12. The molecule has 1 aliphatic rings. The first kappa shape index (κ1) is 53.5. The topological polar surface area (TPSA) is 77.6 Å². The van der Waals surface area contributed by atoms with Gasteiger partial charge in [0.1, 0.15) is 23.5 Å². The lowest BCUT2D eigenvalue weighted by Crippen LogP contribution is -2.11. The number of furan rings is 1. The van der Waals surface area contributed by atoms with Crippen molar-refractivity contribution in [3.05, 3.63) is 114 Å². The molecular formula is C51H81N3O3S2. The second kappa shape index (κ2) is 21.9. The monoisotopic (exact) mass is 848 g/mol. The number of aryl methyl sites for hydroxylation is 5. The average molecular weight is 848 g/mol. The standard InChI is InChI=1S/C9H14O.2C9H14S.2C8H13NO.C8H13N/c1-7-5-6-8(10-7)9(2,3)4;1-7-5-8(10-6-7)9(2,3)4;1-7-5-6-8(10-7)9(2,3)4;1-6-9-7(5-10-6)8(2,3)4;1-6-5-7(9-10-6)8(2,3)4;1-8(2,3)7-4-5-9-6-7/h3*5-6H,1-4H3;2*5H,1-4H3;4-5H,6H2,1-3H3. The summed E-state index contributed by atoms with van der Waals surface area (Å²) in [5.74, 6) is 3.67. The van der Waals surface area contributed by atoms with Gasteiger partial charge in [-0.2, -0.15) is 0 Å². The summed E-state index contributed by atoms with van der Waals surface area (Å²) in [5, 5.41) is 6.12. The molecule has 0 aliphatic carbocycles. The highest BCUT2D eigenvalue weighted by Crippen LogP contribution is 2.30. The van der Waals surface area contributed by atoms with Gasteiger partial charge >= 0.3 is 0 Å². The minimum Gasteiger partial charge on any atom is -0.466 e. The fraction of sp³-hybridized carbons (Fsp3) is 0.588. The van der Waals surface area contributed by atoms with E-state index in [0.717, 1.165) is 41.1 Å². The molecule has 5 aromatic rings. The molecule has 5 aromatic heterocycles. The maximum atomic E-state index is 5.45. The molecule has 0 saturated carbocycles. The highest BCUT2D eigenvalue weighted by atomic mass is 32.1. The van der Waals surface area contributed by atoms with Crippen molar-refractivity contribution in [3.63, 3.8) is 0 Å². The van der Waals surface area contributed by atoms with E-state index >= 15 is 0 Å². The smallest absolute Gasteiger partial charge is 0.191 e. The minimum atomic E-state index is 0.109. The van der Waals surface area contributed by atoms with E-state index in [2.05, 4.69) is 183 Å². The van der Waals surface area contributed by atoms with E-state index in [0.29, 0.717) is 16.2 Å². The van der Waals surface area contributed by atoms with Crippen LogP contribution in [-0.4, -0.2) is 22.9 Å². The van der Waals surface area contributed by atoms with E-state index in [9.17, 15) is 0 Å². The molecule has 0 amide bonds. The Morgan fingerprint density at radius 1 is 0.576 bits per heavy atom. The number of nitrogens with zero attached hydrogens (tertiary/aromatic N) is 3. The molecule has 0 radical (unpaired) electrons. The van der Waals surface area contributed by atoms with Crippen molar-refractivity contribution in [1.82, 2.24) is 10.1 Å². The molecule has 8 heteroatoms. The van der Waals surface area contributed by atoms with Crippen LogP contribution in [0.15, 0.2) is 78.0 Å². The van der Waals surface area contributed by atoms with Gasteiger partial charge in [0.05, 0.1) is 17.9 Å². The molecule has 0 atom stereocenters. The van der Waals surface area contributed by atoms with Gasteiger partial charge in [-0.05, 0) is 96.9 Å². The molecule has 0 spiro atoms. The van der Waals surface area contributed by atoms with Crippen LogP contribution in [0, 0.1) is 40.0 Å². The first-order chi connectivity index (χ1) is 26.6. The van der Waals surface area contributed by atoms with E-state index in [1.165, 1.54) is 25.8 Å². The van der Waals surface area contributed by atoms with Gasteiger partial charge < -0.3 is 13.4 Å². The molecule has 330 valence electrons. The van der Waals surface area contributed by atoms with E-state index in [4.69, 9.17) is 13.4 Å². The largest absolute Gasteiger partial charge is 0.466 e. The fourth-order valence-corrected chi connectivity index (χ4v) is 6.67. The molecule has 6 nitrogen and oxygen atoms in total. The first-order valence-corrected chi connectivity index (χ1v) is 22.6. The van der Waals surface area contributed by atoms with Gasteiger partial charge in [0.15, 0.2) is 5.89 Å². The lowest BCUT2D eigenvalue weighted by Gasteiger charge is -2.18. The van der Waals surface area contributed by atoms with Gasteiger partial charge in [-0.1, -0.05) is 130 Å². The van der Waals surface area contributed by atoms with Gasteiger partial charge in [0.2, 0.25) is 0 Å². The number of hydrogen-bond donors (Lipinski definition) is 0. The summed E-state index contributed by atoms with van der Waals surface area (Å²) in [6.45, 7) is 50.2. The molecule has 6 heterocycles. The predicted molar refractivity (Wildman–Crippen MR) is 258 cm³/mol. The zero-order valence-corrected chi connectivity index (χ0v) is 43.0. The Morgan fingerprint density at radius 3 is 1.36 bits per heavy atom. The summed E-state index contributed by atoms with van der Waals surface area (Å²) in [7, 11) is 0. The second-order valence-corrected chi connectivity index (χ2v) is 23.8. The van der Waals surface area contributed by atoms with Crippen molar-refractivity contribution in [1.29, 1.82) is 0 Å². The molecule has 0 unspecified atom stereocenters. The van der Waals surface area contributed by atoms with Crippen molar-refractivity contribution >= 4 is 28.9 Å². The third-order valence-corrected chi connectivity index (χ3v) is 11.7. The van der Waals surface area contributed by atoms with E-state index in [1.54, 1.807) is 6.26 Å². The second-order valence-electron chi connectivity index (χ2n) is 21.6. The maximum Gasteiger partial charge on any atom is 0.191 e. The molecule has 59 heavy (non-hydrogen) atoms. The number of aromatic nitrogens is 2. The summed E-state index contributed by atoms with van der Waals surface area (Å²) >= 11 is 3.75. The van der Waals surface area contributed by atoms with Gasteiger partial charge in [-0.25, -0.2) is 4.98 Å². The number of hydrogen-bond acceptors (Lipinski definition) is 8. The molecule has 1 aliphatic heterocycles. The van der Waals surface area contributed by atoms with Gasteiger partial charge in [-0.15, -0.1) is 22.7 Å². The third-order valence-electron chi connectivity index (χ3n) is 8.82. The Bertz CT molecular complexity index is 1710. The summed E-state index contributed by atoms with van der Waals surface area (Å²) in [4.78, 5) is 12.7. The maximum absolute atomic E-state index is 5.45. The molecule has 0 bridgehead atoms. The number of rotatable bonds is 0. The van der Waals surface area contributed by atoms with Crippen LogP contribution in [0.25, 0.3) is 0 Å². The first-order valence-electron chi connectivity index (χ1n) is 20.9. The lowest BCUT2D eigenvalue weighted by atomic mass is 9.87. The quantitative estimate of drug-likeness (QED) is 0.155. The zero-order chi connectivity index (χ0) is 45.8. The van der Waals surface area contributed by atoms with Gasteiger partial charge in [0, 0.05) is 50.1 Å². The van der Waals surface area contributed by atoms with E-state index in [1.807, 2.05) is 67.9 Å². The molecule has 0 fully saturated rings. The number of thiophene rings is 2. The number of oxazole rings is 1. The van der Waals surface area contributed by atoms with Crippen LogP contribution in [0.4, 0.5) is 0 Å². The summed E-state index contributed by atoms with van der Waals surface area (Å²) in [6, 6.07) is 12.7. The zero-order valence-electron chi connectivity index (χ0n) is 41.4. The van der Waals surface area contributed by atoms with Crippen molar-refractivity contribution in [3.8, 4) is 0 Å². The van der Waals surface area contributed by atoms with Crippen molar-refractivity contribution in [2.24, 2.45) is 10.4 Å². The molecule has 6 rings (SSSR count). The molecular weight excluding hydrogens is 767 g/mol. The number of aliphatic imine (C=N–C) groups is 1. The average Bonchev–Trinajstić information content (AvgIpc) is 3.90. The van der Waals surface area contributed by atoms with Crippen LogP contribution in [0.1, 0.15) is 179 Å². The van der Waals surface area contributed by atoms with Gasteiger partial charge in [0.25, 0.3) is 0 Å². The van der Waals surface area contributed by atoms with Crippen LogP contribution in [-0.2, 0) is 27.1 Å². The molecule has 0 saturated heterocycles. The summed E-state index contributed by atoms with van der Waals surface area (Å²) < 4.78 is 15.5. The Kier molecular flexibility index (Phi) is 19.8. The summed E-state index contributed by atoms with van der Waals surface area (Å²) in [6.07, 6.45) is 5.72. The fourth-order valence-electron chi connectivity index (χ4n) is 4.76. The van der Waals surface area contributed by atoms with Crippen molar-refractivity contribution in [2.45, 2.75) is 186 Å². The normalized spacial score (nSPS) is 13.0. The lowest BCUT2D eigenvalue weighted by molar-refractivity contribution is 0.375. The van der Waals surface area contributed by atoms with Crippen LogP contribution in [0.3, 0.4) is 0 Å². The third kappa shape index (κ3) is 21.0. The predicted octanol–water partition coefficient (Wildman–Crippen LogP) is 16.2.